The third-order valence-electron chi connectivity index (χ3n) is 3.68. The van der Waals surface area contributed by atoms with Crippen LogP contribution in [0.15, 0.2) is 24.3 Å². The summed E-state index contributed by atoms with van der Waals surface area (Å²) in [6, 6.07) is 6.28. The highest BCUT2D eigenvalue weighted by molar-refractivity contribution is 5.98. The minimum atomic E-state index is -0.671. The lowest BCUT2D eigenvalue weighted by atomic mass is 9.83. The zero-order chi connectivity index (χ0) is 14.6. The zero-order valence-electron chi connectivity index (χ0n) is 11.7. The lowest BCUT2D eigenvalue weighted by Gasteiger charge is -2.36. The maximum absolute atomic E-state index is 12.9. The van der Waals surface area contributed by atoms with Gasteiger partial charge in [-0.1, -0.05) is 25.5 Å². The third kappa shape index (κ3) is 3.65. The van der Waals surface area contributed by atoms with Crippen LogP contribution in [0.4, 0.5) is 4.39 Å². The molecule has 108 valence electrons. The first-order valence-electron chi connectivity index (χ1n) is 7.01. The van der Waals surface area contributed by atoms with Crippen LogP contribution in [-0.4, -0.2) is 17.4 Å². The standard InChI is InChI=1S/C16H19FO3/c1-2-8-16(11-14(18)10-15(19)20-16)9-7-12-3-5-13(17)6-4-12/h3-6H,2,7-11H2,1H3. The van der Waals surface area contributed by atoms with Gasteiger partial charge in [-0.3, -0.25) is 9.59 Å². The number of carbonyl (C=O) groups is 2. The second kappa shape index (κ2) is 6.16. The van der Waals surface area contributed by atoms with E-state index in [1.165, 1.54) is 12.1 Å². The number of aryl methyl sites for hydroxylation is 1. The molecule has 1 aliphatic heterocycles. The Morgan fingerprint density at radius 1 is 1.20 bits per heavy atom. The number of ether oxygens (including phenoxy) is 1. The average Bonchev–Trinajstić information content (AvgIpc) is 2.37. The Labute approximate surface area is 118 Å². The minimum Gasteiger partial charge on any atom is -0.458 e. The maximum Gasteiger partial charge on any atom is 0.313 e. The molecule has 1 aromatic carbocycles. The van der Waals surface area contributed by atoms with Crippen LogP contribution in [0.25, 0.3) is 0 Å². The Balaban J connectivity index is 2.06. The van der Waals surface area contributed by atoms with Crippen molar-refractivity contribution in [2.75, 3.05) is 0 Å². The quantitative estimate of drug-likeness (QED) is 0.613. The predicted octanol–water partition coefficient (Wildman–Crippen LogP) is 3.20. The highest BCUT2D eigenvalue weighted by atomic mass is 19.1. The summed E-state index contributed by atoms with van der Waals surface area (Å²) in [5.41, 5.74) is 0.311. The number of benzene rings is 1. The van der Waals surface area contributed by atoms with Gasteiger partial charge in [0, 0.05) is 6.42 Å². The van der Waals surface area contributed by atoms with Crippen LogP contribution in [0.3, 0.4) is 0 Å². The Morgan fingerprint density at radius 2 is 1.90 bits per heavy atom. The second-order valence-corrected chi connectivity index (χ2v) is 5.43. The van der Waals surface area contributed by atoms with Gasteiger partial charge >= 0.3 is 5.97 Å². The van der Waals surface area contributed by atoms with E-state index >= 15 is 0 Å². The summed E-state index contributed by atoms with van der Waals surface area (Å²) in [6.07, 6.45) is 3.00. The SMILES string of the molecule is CCCC1(CCc2ccc(F)cc2)CC(=O)CC(=O)O1. The molecule has 1 fully saturated rings. The van der Waals surface area contributed by atoms with Crippen LogP contribution < -0.4 is 0 Å². The number of hydrogen-bond donors (Lipinski definition) is 0. The van der Waals surface area contributed by atoms with Gasteiger partial charge in [-0.05, 0) is 37.0 Å². The molecular formula is C16H19FO3. The van der Waals surface area contributed by atoms with Crippen molar-refractivity contribution in [3.05, 3.63) is 35.6 Å². The molecule has 4 heteroatoms. The molecule has 0 saturated carbocycles. The molecule has 0 spiro atoms. The van der Waals surface area contributed by atoms with Crippen molar-refractivity contribution in [2.24, 2.45) is 0 Å². The number of cyclic esters (lactones) is 1. The van der Waals surface area contributed by atoms with E-state index in [1.54, 1.807) is 12.1 Å². The molecule has 20 heavy (non-hydrogen) atoms. The molecule has 1 saturated heterocycles. The summed E-state index contributed by atoms with van der Waals surface area (Å²) in [7, 11) is 0. The van der Waals surface area contributed by atoms with E-state index in [1.807, 2.05) is 6.92 Å². The van der Waals surface area contributed by atoms with Gasteiger partial charge in [0.15, 0.2) is 0 Å². The van der Waals surface area contributed by atoms with Gasteiger partial charge in [-0.15, -0.1) is 0 Å². The Bertz CT molecular complexity index is 477. The number of esters is 1. The number of ketones is 1. The molecule has 3 nitrogen and oxygen atoms in total. The third-order valence-corrected chi connectivity index (χ3v) is 3.68. The van der Waals surface area contributed by atoms with Gasteiger partial charge in [0.25, 0.3) is 0 Å². The lowest BCUT2D eigenvalue weighted by molar-refractivity contribution is -0.172. The number of carbonyl (C=O) groups excluding carboxylic acids is 2. The van der Waals surface area contributed by atoms with Crippen molar-refractivity contribution in [1.29, 1.82) is 0 Å². The maximum atomic E-state index is 12.9. The molecule has 2 rings (SSSR count). The van der Waals surface area contributed by atoms with Crippen molar-refractivity contribution >= 4 is 11.8 Å². The molecule has 0 aliphatic carbocycles. The monoisotopic (exact) mass is 278 g/mol. The van der Waals surface area contributed by atoms with Gasteiger partial charge in [0.05, 0.1) is 0 Å². The molecule has 1 aliphatic rings. The molecule has 0 N–H and O–H groups in total. The van der Waals surface area contributed by atoms with E-state index in [0.29, 0.717) is 25.7 Å². The molecule has 1 unspecified atom stereocenters. The van der Waals surface area contributed by atoms with E-state index in [0.717, 1.165) is 12.0 Å². The van der Waals surface area contributed by atoms with Crippen molar-refractivity contribution in [2.45, 2.75) is 51.0 Å². The molecule has 1 atom stereocenters. The first-order chi connectivity index (χ1) is 9.53. The summed E-state index contributed by atoms with van der Waals surface area (Å²) in [5.74, 6) is -0.737. The fourth-order valence-corrected chi connectivity index (χ4v) is 2.78. The van der Waals surface area contributed by atoms with Crippen molar-refractivity contribution < 1.29 is 18.7 Å². The number of halogens is 1. The number of Topliss-reactive ketones (excluding diaryl/α,β-unsaturated/α-hetero) is 1. The van der Waals surface area contributed by atoms with Crippen LogP contribution in [0.5, 0.6) is 0 Å². The normalized spacial score (nSPS) is 22.7. The van der Waals surface area contributed by atoms with Crippen LogP contribution in [0.1, 0.15) is 44.6 Å². The fourth-order valence-electron chi connectivity index (χ4n) is 2.78. The van der Waals surface area contributed by atoms with Gasteiger partial charge < -0.3 is 4.74 Å². The first kappa shape index (κ1) is 14.7. The molecular weight excluding hydrogens is 259 g/mol. The lowest BCUT2D eigenvalue weighted by Crippen LogP contribution is -2.43. The van der Waals surface area contributed by atoms with Gasteiger partial charge in [0.1, 0.15) is 23.6 Å². The van der Waals surface area contributed by atoms with Crippen LogP contribution >= 0.6 is 0 Å². The predicted molar refractivity (Wildman–Crippen MR) is 72.7 cm³/mol. The molecule has 1 heterocycles. The molecule has 0 radical (unpaired) electrons. The van der Waals surface area contributed by atoms with Crippen LogP contribution in [0, 0.1) is 5.82 Å². The van der Waals surface area contributed by atoms with Crippen molar-refractivity contribution in [3.8, 4) is 0 Å². The van der Waals surface area contributed by atoms with E-state index in [-0.39, 0.29) is 18.0 Å². The van der Waals surface area contributed by atoms with Gasteiger partial charge in [-0.25, -0.2) is 4.39 Å². The topological polar surface area (TPSA) is 43.4 Å². The highest BCUT2D eigenvalue weighted by Crippen LogP contribution is 2.33. The Hall–Kier alpha value is -1.71. The van der Waals surface area contributed by atoms with Crippen molar-refractivity contribution in [1.82, 2.24) is 0 Å². The van der Waals surface area contributed by atoms with Gasteiger partial charge in [-0.2, -0.15) is 0 Å². The van der Waals surface area contributed by atoms with Crippen molar-refractivity contribution in [3.63, 3.8) is 0 Å². The summed E-state index contributed by atoms with van der Waals surface area (Å²) in [5, 5.41) is 0. The molecule has 1 aromatic rings. The highest BCUT2D eigenvalue weighted by Gasteiger charge is 2.40. The number of hydrogen-bond acceptors (Lipinski definition) is 3. The zero-order valence-corrected chi connectivity index (χ0v) is 11.7. The summed E-state index contributed by atoms with van der Waals surface area (Å²) in [4.78, 5) is 23.2. The average molecular weight is 278 g/mol. The van der Waals surface area contributed by atoms with Crippen LogP contribution in [-0.2, 0) is 20.7 Å². The second-order valence-electron chi connectivity index (χ2n) is 5.43. The summed E-state index contributed by atoms with van der Waals surface area (Å²) in [6.45, 7) is 2.01. The Morgan fingerprint density at radius 3 is 2.50 bits per heavy atom. The fraction of sp³-hybridized carbons (Fsp3) is 0.500. The first-order valence-corrected chi connectivity index (χ1v) is 7.01. The van der Waals surface area contributed by atoms with E-state index in [2.05, 4.69) is 0 Å². The van der Waals surface area contributed by atoms with E-state index < -0.39 is 11.6 Å². The van der Waals surface area contributed by atoms with E-state index in [9.17, 15) is 14.0 Å². The minimum absolute atomic E-state index is 0.0474. The number of rotatable bonds is 5. The summed E-state index contributed by atoms with van der Waals surface area (Å²) < 4.78 is 18.4. The van der Waals surface area contributed by atoms with E-state index in [4.69, 9.17) is 4.74 Å². The molecule has 0 bridgehead atoms. The molecule has 0 aromatic heterocycles. The Kier molecular flexibility index (Phi) is 4.53. The largest absolute Gasteiger partial charge is 0.458 e. The molecule has 0 amide bonds. The van der Waals surface area contributed by atoms with Gasteiger partial charge in [0.2, 0.25) is 0 Å². The van der Waals surface area contributed by atoms with Crippen LogP contribution in [0.2, 0.25) is 0 Å². The summed E-state index contributed by atoms with van der Waals surface area (Å²) >= 11 is 0. The smallest absolute Gasteiger partial charge is 0.313 e.